The van der Waals surface area contributed by atoms with Crippen LogP contribution in [0.3, 0.4) is 0 Å². The maximum absolute atomic E-state index is 5.73. The van der Waals surface area contributed by atoms with E-state index in [2.05, 4.69) is 42.9 Å². The number of nitrogens with one attached hydrogen (secondary N) is 1. The Bertz CT molecular complexity index is 550. The SMILES string of the molecule is CN=C(NCCOc1ccc(OC)cc1)N1CC(C)(C)C1(C)C. The standard InChI is InChI=1S/C18H29N3O2/c1-17(2)13-21(18(17,3)4)16(19-5)20-11-12-23-15-9-7-14(22-6)8-10-15/h7-10H,11-13H2,1-6H3,(H,19,20). The third-order valence-corrected chi connectivity index (χ3v) is 5.07. The van der Waals surface area contributed by atoms with Crippen molar-refractivity contribution < 1.29 is 9.47 Å². The minimum Gasteiger partial charge on any atom is -0.497 e. The number of hydrogen-bond acceptors (Lipinski definition) is 3. The quantitative estimate of drug-likeness (QED) is 0.515. The Morgan fingerprint density at radius 3 is 2.26 bits per heavy atom. The molecule has 0 atom stereocenters. The molecule has 0 spiro atoms. The second-order valence-corrected chi connectivity index (χ2v) is 7.03. The predicted molar refractivity (Wildman–Crippen MR) is 94.4 cm³/mol. The first kappa shape index (κ1) is 17.4. The summed E-state index contributed by atoms with van der Waals surface area (Å²) in [5, 5.41) is 3.38. The van der Waals surface area contributed by atoms with Crippen molar-refractivity contribution in [2.45, 2.75) is 33.2 Å². The Labute approximate surface area is 139 Å². The molecule has 1 saturated heterocycles. The van der Waals surface area contributed by atoms with Crippen molar-refractivity contribution in [3.63, 3.8) is 0 Å². The lowest BCUT2D eigenvalue weighted by Gasteiger charge is -2.62. The highest BCUT2D eigenvalue weighted by Gasteiger charge is 2.53. The molecule has 5 heteroatoms. The average molecular weight is 319 g/mol. The zero-order valence-electron chi connectivity index (χ0n) is 15.1. The van der Waals surface area contributed by atoms with Crippen molar-refractivity contribution in [2.75, 3.05) is 33.9 Å². The number of ether oxygens (including phenoxy) is 2. The van der Waals surface area contributed by atoms with E-state index in [1.54, 1.807) is 7.11 Å². The number of likely N-dealkylation sites (tertiary alicyclic amines) is 1. The van der Waals surface area contributed by atoms with Gasteiger partial charge in [-0.15, -0.1) is 0 Å². The normalized spacial score (nSPS) is 19.0. The van der Waals surface area contributed by atoms with Gasteiger partial charge in [0, 0.05) is 24.5 Å². The molecule has 2 rings (SSSR count). The zero-order chi connectivity index (χ0) is 17.1. The number of rotatable bonds is 5. The largest absolute Gasteiger partial charge is 0.497 e. The molecule has 1 heterocycles. The van der Waals surface area contributed by atoms with Gasteiger partial charge in [0.05, 0.1) is 13.7 Å². The van der Waals surface area contributed by atoms with Gasteiger partial charge in [0.2, 0.25) is 0 Å². The smallest absolute Gasteiger partial charge is 0.194 e. The molecule has 1 N–H and O–H groups in total. The van der Waals surface area contributed by atoms with E-state index in [-0.39, 0.29) is 5.54 Å². The van der Waals surface area contributed by atoms with Gasteiger partial charge in [-0.2, -0.15) is 0 Å². The van der Waals surface area contributed by atoms with E-state index in [1.165, 1.54) is 0 Å². The van der Waals surface area contributed by atoms with E-state index in [9.17, 15) is 0 Å². The van der Waals surface area contributed by atoms with Crippen molar-refractivity contribution >= 4 is 5.96 Å². The lowest BCUT2D eigenvalue weighted by molar-refractivity contribution is -0.0667. The highest BCUT2D eigenvalue weighted by molar-refractivity contribution is 5.82. The highest BCUT2D eigenvalue weighted by atomic mass is 16.5. The number of guanidine groups is 1. The second-order valence-electron chi connectivity index (χ2n) is 7.03. The maximum atomic E-state index is 5.73. The highest BCUT2D eigenvalue weighted by Crippen LogP contribution is 2.46. The second kappa shape index (κ2) is 6.69. The summed E-state index contributed by atoms with van der Waals surface area (Å²) >= 11 is 0. The maximum Gasteiger partial charge on any atom is 0.194 e. The number of aliphatic imine (C=N–C) groups is 1. The Kier molecular flexibility index (Phi) is 5.07. The van der Waals surface area contributed by atoms with Crippen LogP contribution < -0.4 is 14.8 Å². The molecule has 0 saturated carbocycles. The molecular weight excluding hydrogens is 290 g/mol. The molecule has 1 aromatic carbocycles. The van der Waals surface area contributed by atoms with Crippen LogP contribution in [-0.4, -0.2) is 50.3 Å². The van der Waals surface area contributed by atoms with E-state index >= 15 is 0 Å². The minimum atomic E-state index is 0.103. The molecule has 0 aliphatic carbocycles. The molecule has 23 heavy (non-hydrogen) atoms. The molecule has 0 aromatic heterocycles. The molecule has 0 unspecified atom stereocenters. The van der Waals surface area contributed by atoms with E-state index < -0.39 is 0 Å². The Morgan fingerprint density at radius 2 is 1.78 bits per heavy atom. The molecule has 0 amide bonds. The van der Waals surface area contributed by atoms with E-state index in [0.717, 1.165) is 24.0 Å². The van der Waals surface area contributed by atoms with Crippen molar-refractivity contribution in [2.24, 2.45) is 10.4 Å². The van der Waals surface area contributed by atoms with Crippen LogP contribution in [0, 0.1) is 5.41 Å². The van der Waals surface area contributed by atoms with E-state index in [0.29, 0.717) is 18.6 Å². The van der Waals surface area contributed by atoms with Crippen LogP contribution in [0.2, 0.25) is 0 Å². The number of hydrogen-bond donors (Lipinski definition) is 1. The fourth-order valence-corrected chi connectivity index (χ4v) is 2.70. The van der Waals surface area contributed by atoms with Crippen LogP contribution in [0.25, 0.3) is 0 Å². The Balaban J connectivity index is 1.79. The van der Waals surface area contributed by atoms with Crippen LogP contribution in [-0.2, 0) is 0 Å². The molecule has 0 radical (unpaired) electrons. The molecule has 1 aliphatic rings. The first-order valence-electron chi connectivity index (χ1n) is 8.07. The van der Waals surface area contributed by atoms with Gasteiger partial charge in [-0.25, -0.2) is 0 Å². The van der Waals surface area contributed by atoms with Gasteiger partial charge in [0.25, 0.3) is 0 Å². The van der Waals surface area contributed by atoms with Gasteiger partial charge in [0.1, 0.15) is 18.1 Å². The molecule has 1 aliphatic heterocycles. The van der Waals surface area contributed by atoms with Gasteiger partial charge in [-0.05, 0) is 38.1 Å². The molecular formula is C18H29N3O2. The third kappa shape index (κ3) is 3.54. The van der Waals surface area contributed by atoms with Gasteiger partial charge < -0.3 is 19.7 Å². The summed E-state index contributed by atoms with van der Waals surface area (Å²) in [7, 11) is 3.48. The number of methoxy groups -OCH3 is 1. The molecule has 128 valence electrons. The summed E-state index contributed by atoms with van der Waals surface area (Å²) < 4.78 is 10.9. The molecule has 1 aromatic rings. The molecule has 1 fully saturated rings. The minimum absolute atomic E-state index is 0.103. The lowest BCUT2D eigenvalue weighted by atomic mass is 9.65. The van der Waals surface area contributed by atoms with Crippen molar-refractivity contribution in [3.05, 3.63) is 24.3 Å². The number of nitrogens with zero attached hydrogens (tertiary/aromatic N) is 2. The summed E-state index contributed by atoms with van der Waals surface area (Å²) in [5.41, 5.74) is 0.399. The van der Waals surface area contributed by atoms with Gasteiger partial charge in [0.15, 0.2) is 5.96 Å². The van der Waals surface area contributed by atoms with E-state index in [4.69, 9.17) is 9.47 Å². The summed E-state index contributed by atoms with van der Waals surface area (Å²) in [6.45, 7) is 11.4. The zero-order valence-corrected chi connectivity index (χ0v) is 15.1. The van der Waals surface area contributed by atoms with Crippen LogP contribution in [0.4, 0.5) is 0 Å². The van der Waals surface area contributed by atoms with Gasteiger partial charge >= 0.3 is 0 Å². The summed E-state index contributed by atoms with van der Waals surface area (Å²) in [6.07, 6.45) is 0. The van der Waals surface area contributed by atoms with Gasteiger partial charge in [-0.1, -0.05) is 13.8 Å². The monoisotopic (exact) mass is 319 g/mol. The van der Waals surface area contributed by atoms with Crippen LogP contribution in [0.15, 0.2) is 29.3 Å². The van der Waals surface area contributed by atoms with Crippen molar-refractivity contribution in [3.8, 4) is 11.5 Å². The first-order chi connectivity index (χ1) is 10.8. The summed E-state index contributed by atoms with van der Waals surface area (Å²) in [6, 6.07) is 7.61. The fraction of sp³-hybridized carbons (Fsp3) is 0.611. The summed E-state index contributed by atoms with van der Waals surface area (Å²) in [4.78, 5) is 6.72. The average Bonchev–Trinajstić information content (AvgIpc) is 2.54. The summed E-state index contributed by atoms with van der Waals surface area (Å²) in [5.74, 6) is 2.61. The molecule has 5 nitrogen and oxygen atoms in total. The van der Waals surface area contributed by atoms with Crippen LogP contribution in [0.1, 0.15) is 27.7 Å². The third-order valence-electron chi connectivity index (χ3n) is 5.07. The lowest BCUT2D eigenvalue weighted by Crippen LogP contribution is -2.72. The van der Waals surface area contributed by atoms with Crippen molar-refractivity contribution in [1.82, 2.24) is 10.2 Å². The molecule has 0 bridgehead atoms. The fourth-order valence-electron chi connectivity index (χ4n) is 2.70. The Morgan fingerprint density at radius 1 is 1.17 bits per heavy atom. The number of benzene rings is 1. The van der Waals surface area contributed by atoms with Crippen LogP contribution >= 0.6 is 0 Å². The van der Waals surface area contributed by atoms with E-state index in [1.807, 2.05) is 31.3 Å². The predicted octanol–water partition coefficient (Wildman–Crippen LogP) is 2.77. The van der Waals surface area contributed by atoms with Crippen LogP contribution in [0.5, 0.6) is 11.5 Å². The Hall–Kier alpha value is -1.91. The van der Waals surface area contributed by atoms with Gasteiger partial charge in [-0.3, -0.25) is 4.99 Å². The first-order valence-corrected chi connectivity index (χ1v) is 8.07. The van der Waals surface area contributed by atoms with Crippen molar-refractivity contribution in [1.29, 1.82) is 0 Å². The topological polar surface area (TPSA) is 46.1 Å².